The highest BCUT2D eigenvalue weighted by atomic mass is 16.7. The van der Waals surface area contributed by atoms with Gasteiger partial charge in [0.1, 0.15) is 5.60 Å². The van der Waals surface area contributed by atoms with Gasteiger partial charge in [0.25, 0.3) is 11.8 Å². The van der Waals surface area contributed by atoms with Crippen molar-refractivity contribution in [2.75, 3.05) is 0 Å². The summed E-state index contributed by atoms with van der Waals surface area (Å²) in [5.74, 6) is -2.16. The first-order valence-electron chi connectivity index (χ1n) is 9.20. The summed E-state index contributed by atoms with van der Waals surface area (Å²) in [6.07, 6.45) is -0.870. The molecule has 2 aromatic carbocycles. The first-order chi connectivity index (χ1) is 13.6. The van der Waals surface area contributed by atoms with E-state index in [4.69, 9.17) is 9.57 Å². The molecule has 0 unspecified atom stereocenters. The van der Waals surface area contributed by atoms with Gasteiger partial charge >= 0.3 is 12.1 Å². The number of hydrogen-bond donors (Lipinski definition) is 1. The van der Waals surface area contributed by atoms with Crippen molar-refractivity contribution in [3.05, 3.63) is 48.0 Å². The highest BCUT2D eigenvalue weighted by Gasteiger charge is 2.36. The number of carbonyl (C=O) groups excluding carboxylic acids is 4. The SMILES string of the molecule is CC(C)(C)OC(=O)N[C@H](C(=O)ON1C(=O)CCC1=O)c1ccc2ccccc2c1. The highest BCUT2D eigenvalue weighted by molar-refractivity contribution is 6.02. The number of imide groups is 1. The highest BCUT2D eigenvalue weighted by Crippen LogP contribution is 2.23. The van der Waals surface area contributed by atoms with Gasteiger partial charge in [-0.1, -0.05) is 36.4 Å². The van der Waals surface area contributed by atoms with Gasteiger partial charge in [0.2, 0.25) is 0 Å². The Labute approximate surface area is 167 Å². The molecule has 3 amide bonds. The van der Waals surface area contributed by atoms with Crippen molar-refractivity contribution in [3.63, 3.8) is 0 Å². The van der Waals surface area contributed by atoms with Crippen LogP contribution >= 0.6 is 0 Å². The van der Waals surface area contributed by atoms with Crippen LogP contribution in [-0.4, -0.2) is 34.5 Å². The van der Waals surface area contributed by atoms with Crippen LogP contribution in [0.5, 0.6) is 0 Å². The molecule has 0 aliphatic carbocycles. The van der Waals surface area contributed by atoms with Gasteiger partial charge < -0.3 is 14.9 Å². The summed E-state index contributed by atoms with van der Waals surface area (Å²) in [6.45, 7) is 5.08. The number of alkyl carbamates (subject to hydrolysis) is 1. The molecule has 1 aliphatic rings. The topological polar surface area (TPSA) is 102 Å². The smallest absolute Gasteiger partial charge is 0.408 e. The maximum absolute atomic E-state index is 12.8. The van der Waals surface area contributed by atoms with Gasteiger partial charge in [0.05, 0.1) is 0 Å². The fourth-order valence-corrected chi connectivity index (χ4v) is 2.89. The van der Waals surface area contributed by atoms with E-state index in [2.05, 4.69) is 5.32 Å². The molecule has 0 bridgehead atoms. The molecule has 0 aromatic heterocycles. The predicted octanol–water partition coefficient (Wildman–Crippen LogP) is 3.01. The molecule has 1 aliphatic heterocycles. The summed E-state index contributed by atoms with van der Waals surface area (Å²) in [6, 6.07) is 11.4. The first kappa shape index (κ1) is 20.3. The maximum atomic E-state index is 12.8. The number of fused-ring (bicyclic) bond motifs is 1. The van der Waals surface area contributed by atoms with Crippen LogP contribution in [-0.2, 0) is 24.0 Å². The number of benzene rings is 2. The van der Waals surface area contributed by atoms with Crippen LogP contribution in [0.25, 0.3) is 10.8 Å². The molecule has 0 radical (unpaired) electrons. The maximum Gasteiger partial charge on any atom is 0.408 e. The number of hydroxylamine groups is 2. The minimum Gasteiger partial charge on any atom is -0.444 e. The number of rotatable bonds is 4. The third kappa shape index (κ3) is 4.90. The Balaban J connectivity index is 1.89. The zero-order chi connectivity index (χ0) is 21.2. The van der Waals surface area contributed by atoms with Crippen LogP contribution in [0.4, 0.5) is 4.79 Å². The minimum absolute atomic E-state index is 0.0216. The Bertz CT molecular complexity index is 963. The Kier molecular flexibility index (Phi) is 5.54. The molecule has 0 spiro atoms. The van der Waals surface area contributed by atoms with Gasteiger partial charge in [-0.2, -0.15) is 0 Å². The molecule has 1 heterocycles. The zero-order valence-electron chi connectivity index (χ0n) is 16.4. The number of amides is 3. The molecule has 2 aromatic rings. The molecule has 1 N–H and O–H groups in total. The van der Waals surface area contributed by atoms with Crippen molar-refractivity contribution in [1.29, 1.82) is 0 Å². The van der Waals surface area contributed by atoms with E-state index in [1.54, 1.807) is 39.0 Å². The largest absolute Gasteiger partial charge is 0.444 e. The van der Waals surface area contributed by atoms with Gasteiger partial charge in [-0.3, -0.25) is 9.59 Å². The molecule has 3 rings (SSSR count). The van der Waals surface area contributed by atoms with Crippen LogP contribution < -0.4 is 5.32 Å². The van der Waals surface area contributed by atoms with E-state index >= 15 is 0 Å². The number of nitrogens with zero attached hydrogens (tertiary/aromatic N) is 1. The van der Waals surface area contributed by atoms with E-state index in [1.807, 2.05) is 24.3 Å². The summed E-state index contributed by atoms with van der Waals surface area (Å²) in [7, 11) is 0. The lowest BCUT2D eigenvalue weighted by Crippen LogP contribution is -2.42. The first-order valence-corrected chi connectivity index (χ1v) is 9.20. The van der Waals surface area contributed by atoms with E-state index in [-0.39, 0.29) is 12.8 Å². The molecule has 8 nitrogen and oxygen atoms in total. The third-order valence-electron chi connectivity index (χ3n) is 4.19. The molecule has 152 valence electrons. The van der Waals surface area contributed by atoms with Crippen molar-refractivity contribution >= 4 is 34.6 Å². The molecule has 1 atom stereocenters. The van der Waals surface area contributed by atoms with Crippen LogP contribution in [0, 0.1) is 0 Å². The quantitative estimate of drug-likeness (QED) is 0.795. The summed E-state index contributed by atoms with van der Waals surface area (Å²) < 4.78 is 5.23. The Hall–Kier alpha value is -3.42. The Morgan fingerprint density at radius 2 is 1.62 bits per heavy atom. The van der Waals surface area contributed by atoms with E-state index in [0.717, 1.165) is 10.8 Å². The number of ether oxygens (including phenoxy) is 1. The van der Waals surface area contributed by atoms with E-state index in [9.17, 15) is 19.2 Å². The molecule has 0 saturated carbocycles. The van der Waals surface area contributed by atoms with E-state index in [0.29, 0.717) is 10.6 Å². The Morgan fingerprint density at radius 1 is 1.00 bits per heavy atom. The van der Waals surface area contributed by atoms with Crippen molar-refractivity contribution < 1.29 is 28.8 Å². The molecular formula is C21H22N2O6. The van der Waals surface area contributed by atoms with Crippen molar-refractivity contribution in [2.45, 2.75) is 45.3 Å². The summed E-state index contributed by atoms with van der Waals surface area (Å²) in [4.78, 5) is 53.7. The summed E-state index contributed by atoms with van der Waals surface area (Å²) >= 11 is 0. The van der Waals surface area contributed by atoms with Crippen molar-refractivity contribution in [2.24, 2.45) is 0 Å². The van der Waals surface area contributed by atoms with Crippen molar-refractivity contribution in [1.82, 2.24) is 10.4 Å². The zero-order valence-corrected chi connectivity index (χ0v) is 16.4. The molecule has 29 heavy (non-hydrogen) atoms. The minimum atomic E-state index is -1.27. The average molecular weight is 398 g/mol. The van der Waals surface area contributed by atoms with Crippen LogP contribution in [0.15, 0.2) is 42.5 Å². The molecular weight excluding hydrogens is 376 g/mol. The second-order valence-electron chi connectivity index (χ2n) is 7.68. The summed E-state index contributed by atoms with van der Waals surface area (Å²) in [5, 5.41) is 4.72. The number of carbonyl (C=O) groups is 4. The second kappa shape index (κ2) is 7.90. The lowest BCUT2D eigenvalue weighted by Gasteiger charge is -2.24. The van der Waals surface area contributed by atoms with Gasteiger partial charge in [0.15, 0.2) is 6.04 Å². The van der Waals surface area contributed by atoms with Crippen molar-refractivity contribution in [3.8, 4) is 0 Å². The van der Waals surface area contributed by atoms with Crippen LogP contribution in [0.2, 0.25) is 0 Å². The van der Waals surface area contributed by atoms with Gasteiger partial charge in [-0.25, -0.2) is 9.59 Å². The normalized spacial score (nSPS) is 15.3. The average Bonchev–Trinajstić information content (AvgIpc) is 2.96. The van der Waals surface area contributed by atoms with Crippen LogP contribution in [0.3, 0.4) is 0 Å². The lowest BCUT2D eigenvalue weighted by molar-refractivity contribution is -0.199. The number of nitrogens with one attached hydrogen (secondary N) is 1. The van der Waals surface area contributed by atoms with Crippen LogP contribution in [0.1, 0.15) is 45.2 Å². The Morgan fingerprint density at radius 3 is 2.24 bits per heavy atom. The van der Waals surface area contributed by atoms with E-state index in [1.165, 1.54) is 0 Å². The number of hydrogen-bond acceptors (Lipinski definition) is 6. The fraction of sp³-hybridized carbons (Fsp3) is 0.333. The second-order valence-corrected chi connectivity index (χ2v) is 7.68. The predicted molar refractivity (Wildman–Crippen MR) is 103 cm³/mol. The van der Waals surface area contributed by atoms with E-state index < -0.39 is 35.5 Å². The standard InChI is InChI=1S/C21H22N2O6/c1-21(2,3)28-20(27)22-18(19(26)29-23-16(24)10-11-17(23)25)15-9-8-13-6-4-5-7-14(13)12-15/h4-9,12,18H,10-11H2,1-3H3,(H,22,27)/t18-/m0/s1. The monoisotopic (exact) mass is 398 g/mol. The summed E-state index contributed by atoms with van der Waals surface area (Å²) in [5.41, 5.74) is -0.346. The van der Waals surface area contributed by atoms with Gasteiger partial charge in [-0.15, -0.1) is 5.06 Å². The lowest BCUT2D eigenvalue weighted by atomic mass is 10.0. The molecule has 1 saturated heterocycles. The third-order valence-corrected chi connectivity index (χ3v) is 4.19. The van der Waals surface area contributed by atoms with Gasteiger partial charge in [0, 0.05) is 12.8 Å². The van der Waals surface area contributed by atoms with Gasteiger partial charge in [-0.05, 0) is 43.2 Å². The fourth-order valence-electron chi connectivity index (χ4n) is 2.89. The molecule has 8 heteroatoms. The molecule has 1 fully saturated rings.